The Morgan fingerprint density at radius 1 is 1.24 bits per heavy atom. The largest absolute Gasteiger partial charge is 0.454 e. The first-order valence-corrected chi connectivity index (χ1v) is 11.7. The number of nitrogens with one attached hydrogen (secondary N) is 1. The van der Waals surface area contributed by atoms with Gasteiger partial charge in [-0.05, 0) is 42.3 Å². The molecule has 1 N–H and O–H groups in total. The van der Waals surface area contributed by atoms with Gasteiger partial charge in [-0.3, -0.25) is 18.9 Å². The number of nitrogens with zero attached hydrogens (tertiary/aromatic N) is 3. The zero-order chi connectivity index (χ0) is 23.8. The molecule has 0 bridgehead atoms. The second-order valence-electron chi connectivity index (χ2n) is 7.74. The minimum Gasteiger partial charge on any atom is -0.454 e. The van der Waals surface area contributed by atoms with E-state index in [4.69, 9.17) is 21.7 Å². The molecule has 1 fully saturated rings. The number of carbonyl (C=O) groups is 1. The molecule has 172 valence electrons. The van der Waals surface area contributed by atoms with Gasteiger partial charge in [0.05, 0.1) is 17.0 Å². The molecule has 5 rings (SSSR count). The molecule has 0 spiro atoms. The number of pyridine rings is 1. The molecule has 4 heterocycles. The van der Waals surface area contributed by atoms with E-state index in [1.165, 1.54) is 9.30 Å². The Bertz CT molecular complexity index is 1450. The lowest BCUT2D eigenvalue weighted by Gasteiger charge is -2.14. The number of thiocarbonyl (C=S) groups is 1. The van der Waals surface area contributed by atoms with Gasteiger partial charge < -0.3 is 14.8 Å². The maximum Gasteiger partial charge on any atom is 0.267 e. The van der Waals surface area contributed by atoms with Crippen molar-refractivity contribution in [3.63, 3.8) is 0 Å². The average Bonchev–Trinajstić information content (AvgIpc) is 3.39. The average molecular weight is 493 g/mol. The Morgan fingerprint density at radius 2 is 2.06 bits per heavy atom. The Balaban J connectivity index is 1.50. The van der Waals surface area contributed by atoms with Crippen molar-refractivity contribution in [2.45, 2.75) is 13.5 Å². The predicted octanol–water partition coefficient (Wildman–Crippen LogP) is 3.73. The standard InChI is InChI=1S/C24H20N4O4S2/c1-3-8-25-21-16(22(29)27-11-14(2)4-7-20(27)26-21)10-19-23(30)28(24(33)34-19)12-15-5-6-17-18(9-15)32-13-31-17/h3-7,9-11,25H,1,8,12-13H2,2H3/b19-10-. The maximum absolute atomic E-state index is 13.3. The zero-order valence-electron chi connectivity index (χ0n) is 18.2. The third kappa shape index (κ3) is 4.06. The van der Waals surface area contributed by atoms with Gasteiger partial charge in [-0.2, -0.15) is 0 Å². The Kier molecular flexibility index (Phi) is 5.84. The van der Waals surface area contributed by atoms with Crippen LogP contribution in [0.3, 0.4) is 0 Å². The van der Waals surface area contributed by atoms with Crippen LogP contribution in [0.5, 0.6) is 11.5 Å². The third-order valence-corrected chi connectivity index (χ3v) is 6.72. The minimum atomic E-state index is -0.277. The summed E-state index contributed by atoms with van der Waals surface area (Å²) < 4.78 is 12.7. The molecule has 3 aromatic rings. The fraction of sp³-hybridized carbons (Fsp3) is 0.167. The van der Waals surface area contributed by atoms with Gasteiger partial charge in [-0.15, -0.1) is 6.58 Å². The number of thioether (sulfide) groups is 1. The minimum absolute atomic E-state index is 0.180. The van der Waals surface area contributed by atoms with E-state index in [2.05, 4.69) is 16.9 Å². The molecule has 1 aromatic carbocycles. The molecule has 1 saturated heterocycles. The van der Waals surface area contributed by atoms with E-state index >= 15 is 0 Å². The number of fused-ring (bicyclic) bond motifs is 2. The molecular formula is C24H20N4O4S2. The molecule has 0 aliphatic carbocycles. The van der Waals surface area contributed by atoms with Gasteiger partial charge in [0, 0.05) is 12.7 Å². The van der Waals surface area contributed by atoms with Crippen molar-refractivity contribution in [1.82, 2.24) is 14.3 Å². The van der Waals surface area contributed by atoms with E-state index in [1.807, 2.05) is 31.2 Å². The van der Waals surface area contributed by atoms with Gasteiger partial charge in [0.25, 0.3) is 11.5 Å². The van der Waals surface area contributed by atoms with Crippen LogP contribution in [-0.4, -0.2) is 37.8 Å². The summed E-state index contributed by atoms with van der Waals surface area (Å²) in [7, 11) is 0. The van der Waals surface area contributed by atoms with Crippen LogP contribution in [0.25, 0.3) is 11.7 Å². The summed E-state index contributed by atoms with van der Waals surface area (Å²) in [6, 6.07) is 9.19. The van der Waals surface area contributed by atoms with Crippen molar-refractivity contribution >= 4 is 51.7 Å². The van der Waals surface area contributed by atoms with Crippen LogP contribution in [-0.2, 0) is 11.3 Å². The summed E-state index contributed by atoms with van der Waals surface area (Å²) in [5.41, 5.74) is 2.30. The number of ether oxygens (including phenoxy) is 2. The number of aryl methyl sites for hydroxylation is 1. The molecule has 34 heavy (non-hydrogen) atoms. The number of amides is 1. The molecule has 2 aliphatic heterocycles. The quantitative estimate of drug-likeness (QED) is 0.317. The first-order chi connectivity index (χ1) is 16.4. The van der Waals surface area contributed by atoms with E-state index in [0.29, 0.717) is 38.7 Å². The first-order valence-electron chi connectivity index (χ1n) is 10.5. The lowest BCUT2D eigenvalue weighted by atomic mass is 10.2. The SMILES string of the molecule is C=CCNc1nc2ccc(C)cn2c(=O)c1/C=C1\SC(=S)N(Cc2ccc3c(c2)OCO3)C1=O. The van der Waals surface area contributed by atoms with Gasteiger partial charge >= 0.3 is 0 Å². The van der Waals surface area contributed by atoms with Crippen molar-refractivity contribution in [2.75, 3.05) is 18.7 Å². The van der Waals surface area contributed by atoms with E-state index in [1.54, 1.807) is 24.4 Å². The molecule has 2 aromatic heterocycles. The van der Waals surface area contributed by atoms with Gasteiger partial charge in [0.1, 0.15) is 15.8 Å². The lowest BCUT2D eigenvalue weighted by Crippen LogP contribution is -2.27. The van der Waals surface area contributed by atoms with E-state index in [-0.39, 0.29) is 30.4 Å². The van der Waals surface area contributed by atoms with Crippen LogP contribution in [0.15, 0.2) is 58.9 Å². The summed E-state index contributed by atoms with van der Waals surface area (Å²) >= 11 is 6.64. The second-order valence-corrected chi connectivity index (χ2v) is 9.41. The van der Waals surface area contributed by atoms with Gasteiger partial charge in [0.2, 0.25) is 6.79 Å². The molecule has 2 aliphatic rings. The number of carbonyl (C=O) groups excluding carboxylic acids is 1. The van der Waals surface area contributed by atoms with Crippen LogP contribution < -0.4 is 20.3 Å². The van der Waals surface area contributed by atoms with Crippen LogP contribution in [0, 0.1) is 6.92 Å². The molecule has 0 atom stereocenters. The maximum atomic E-state index is 13.3. The summed E-state index contributed by atoms with van der Waals surface area (Å²) in [6.45, 7) is 6.49. The normalized spacial score (nSPS) is 16.0. The second kappa shape index (κ2) is 8.96. The molecular weight excluding hydrogens is 472 g/mol. The smallest absolute Gasteiger partial charge is 0.267 e. The van der Waals surface area contributed by atoms with Crippen molar-refractivity contribution in [3.05, 3.63) is 81.1 Å². The Hall–Kier alpha value is -3.63. The lowest BCUT2D eigenvalue weighted by molar-refractivity contribution is -0.122. The van der Waals surface area contributed by atoms with E-state index < -0.39 is 0 Å². The van der Waals surface area contributed by atoms with Crippen molar-refractivity contribution in [3.8, 4) is 11.5 Å². The van der Waals surface area contributed by atoms with Crippen molar-refractivity contribution in [2.24, 2.45) is 0 Å². The monoisotopic (exact) mass is 492 g/mol. The predicted molar refractivity (Wildman–Crippen MR) is 136 cm³/mol. The van der Waals surface area contributed by atoms with E-state index in [9.17, 15) is 9.59 Å². The topological polar surface area (TPSA) is 85.2 Å². The van der Waals surface area contributed by atoms with Crippen molar-refractivity contribution < 1.29 is 14.3 Å². The summed E-state index contributed by atoms with van der Waals surface area (Å²) in [6.07, 6.45) is 4.96. The van der Waals surface area contributed by atoms with E-state index in [0.717, 1.165) is 22.9 Å². The molecule has 8 nitrogen and oxygen atoms in total. The van der Waals surface area contributed by atoms with Gasteiger partial charge in [-0.1, -0.05) is 42.2 Å². The molecule has 10 heteroatoms. The highest BCUT2D eigenvalue weighted by Gasteiger charge is 2.33. The highest BCUT2D eigenvalue weighted by molar-refractivity contribution is 8.26. The Morgan fingerprint density at radius 3 is 2.88 bits per heavy atom. The highest BCUT2D eigenvalue weighted by atomic mass is 32.2. The number of anilines is 1. The summed E-state index contributed by atoms with van der Waals surface area (Å²) in [4.78, 5) is 33.0. The number of hydrogen-bond donors (Lipinski definition) is 1. The fourth-order valence-electron chi connectivity index (χ4n) is 3.68. The first kappa shape index (κ1) is 22.2. The fourth-order valence-corrected chi connectivity index (χ4v) is 4.92. The number of hydrogen-bond acceptors (Lipinski definition) is 8. The summed E-state index contributed by atoms with van der Waals surface area (Å²) in [5.74, 6) is 1.43. The van der Waals surface area contributed by atoms with Gasteiger partial charge in [-0.25, -0.2) is 4.98 Å². The van der Waals surface area contributed by atoms with Gasteiger partial charge in [0.15, 0.2) is 11.5 Å². The van der Waals surface area contributed by atoms with Crippen LogP contribution in [0.2, 0.25) is 0 Å². The number of benzene rings is 1. The van der Waals surface area contributed by atoms with Crippen LogP contribution in [0.1, 0.15) is 16.7 Å². The Labute approximate surface area is 204 Å². The van der Waals surface area contributed by atoms with Crippen LogP contribution >= 0.6 is 24.0 Å². The number of aromatic nitrogens is 2. The van der Waals surface area contributed by atoms with Crippen molar-refractivity contribution in [1.29, 1.82) is 0 Å². The third-order valence-electron chi connectivity index (χ3n) is 5.35. The molecule has 1 amide bonds. The zero-order valence-corrected chi connectivity index (χ0v) is 19.9. The molecule has 0 saturated carbocycles. The van der Waals surface area contributed by atoms with Crippen LogP contribution in [0.4, 0.5) is 5.82 Å². The number of rotatable bonds is 6. The molecule has 0 unspecified atom stereocenters. The molecule has 0 radical (unpaired) electrons. The summed E-state index contributed by atoms with van der Waals surface area (Å²) in [5, 5.41) is 3.11. The highest BCUT2D eigenvalue weighted by Crippen LogP contribution is 2.36.